The molecule has 0 aliphatic heterocycles. The van der Waals surface area contributed by atoms with Crippen LogP contribution in [0.15, 0.2) is 36.6 Å². The minimum atomic E-state index is -5.04. The van der Waals surface area contributed by atoms with E-state index < -0.39 is 63.1 Å². The maximum atomic E-state index is 12.8. The molecule has 0 aromatic rings. The molecule has 364 valence electrons. The summed E-state index contributed by atoms with van der Waals surface area (Å²) in [5.41, 5.74) is 0. The third kappa shape index (κ3) is 31.3. The Bertz CT molecular complexity index is 1170. The Morgan fingerprint density at radius 3 is 1.39 bits per heavy atom. The monoisotopic (exact) mass is 903 g/mol. The highest BCUT2D eigenvalue weighted by Gasteiger charge is 2.51. The van der Waals surface area contributed by atoms with Crippen molar-refractivity contribution >= 4 is 13.8 Å². The Morgan fingerprint density at radius 1 is 0.516 bits per heavy atom. The molecule has 0 spiro atoms. The van der Waals surface area contributed by atoms with E-state index in [1.807, 2.05) is 6.08 Å². The van der Waals surface area contributed by atoms with Crippen LogP contribution in [0.3, 0.4) is 0 Å². The molecule has 0 aromatic heterocycles. The molecule has 1 fully saturated rings. The lowest BCUT2D eigenvalue weighted by Gasteiger charge is -2.41. The number of unbranched alkanes of at least 4 members (excludes halogenated alkanes) is 26. The van der Waals surface area contributed by atoms with Crippen molar-refractivity contribution in [2.75, 3.05) is 13.2 Å². The zero-order valence-corrected chi connectivity index (χ0v) is 39.8. The van der Waals surface area contributed by atoms with Gasteiger partial charge in [-0.25, -0.2) is 4.57 Å². The molecule has 1 saturated carbocycles. The molecular formula is C49H91O12P. The summed E-state index contributed by atoms with van der Waals surface area (Å²) in [6.45, 7) is 3.72. The van der Waals surface area contributed by atoms with Gasteiger partial charge in [-0.2, -0.15) is 0 Å². The van der Waals surface area contributed by atoms with E-state index in [4.69, 9.17) is 18.5 Å². The van der Waals surface area contributed by atoms with E-state index in [0.717, 1.165) is 51.4 Å². The fourth-order valence-electron chi connectivity index (χ4n) is 7.59. The van der Waals surface area contributed by atoms with Crippen molar-refractivity contribution in [1.29, 1.82) is 0 Å². The third-order valence-corrected chi connectivity index (χ3v) is 12.6. The van der Waals surface area contributed by atoms with Crippen molar-refractivity contribution < 1.29 is 58.3 Å². The van der Waals surface area contributed by atoms with Gasteiger partial charge in [0.2, 0.25) is 0 Å². The molecule has 6 N–H and O–H groups in total. The number of phosphoric ester groups is 1. The van der Waals surface area contributed by atoms with Gasteiger partial charge in [-0.15, -0.1) is 0 Å². The SMILES string of the molecule is CCCCC/C=C\C/C=C\CCCCCCCCCCCC(=O)O[C@H](CO/C=C\CCCCCCCCCCCCCCCC)COP(=O)(O)OC1C(O)C(O)C(O)[C@@H](O)C1O. The molecular weight excluding hydrogens is 812 g/mol. The van der Waals surface area contributed by atoms with E-state index in [1.165, 1.54) is 141 Å². The predicted octanol–water partition coefficient (Wildman–Crippen LogP) is 11.0. The fraction of sp³-hybridized carbons (Fsp3) is 0.857. The zero-order valence-electron chi connectivity index (χ0n) is 38.9. The van der Waals surface area contributed by atoms with Crippen molar-refractivity contribution in [2.45, 2.75) is 256 Å². The van der Waals surface area contributed by atoms with Crippen molar-refractivity contribution in [3.63, 3.8) is 0 Å². The highest BCUT2D eigenvalue weighted by molar-refractivity contribution is 7.47. The first kappa shape index (κ1) is 58.4. The Morgan fingerprint density at radius 2 is 0.903 bits per heavy atom. The van der Waals surface area contributed by atoms with Gasteiger partial charge in [0.25, 0.3) is 0 Å². The van der Waals surface area contributed by atoms with E-state index in [2.05, 4.69) is 38.2 Å². The third-order valence-electron chi connectivity index (χ3n) is 11.6. The quantitative estimate of drug-likeness (QED) is 0.0112. The number of hydrogen-bond donors (Lipinski definition) is 6. The average molecular weight is 903 g/mol. The van der Waals surface area contributed by atoms with E-state index in [1.54, 1.807) is 0 Å². The molecule has 6 unspecified atom stereocenters. The number of phosphoric acid groups is 1. The zero-order chi connectivity index (χ0) is 45.5. The number of esters is 1. The van der Waals surface area contributed by atoms with Gasteiger partial charge in [-0.3, -0.25) is 13.8 Å². The maximum absolute atomic E-state index is 12.8. The first-order valence-electron chi connectivity index (χ1n) is 24.9. The Hall–Kier alpha value is -1.60. The summed E-state index contributed by atoms with van der Waals surface area (Å²) in [4.78, 5) is 23.2. The second-order valence-electron chi connectivity index (χ2n) is 17.4. The second-order valence-corrected chi connectivity index (χ2v) is 18.8. The molecule has 0 aromatic carbocycles. The second kappa shape index (κ2) is 39.7. The van der Waals surface area contributed by atoms with E-state index in [0.29, 0.717) is 6.42 Å². The van der Waals surface area contributed by atoms with Crippen LogP contribution in [0.4, 0.5) is 0 Å². The molecule has 0 radical (unpaired) electrons. The van der Waals surface area contributed by atoms with Gasteiger partial charge in [0.15, 0.2) is 6.10 Å². The van der Waals surface area contributed by atoms with Crippen LogP contribution >= 0.6 is 7.82 Å². The first-order chi connectivity index (χ1) is 30.0. The van der Waals surface area contributed by atoms with Gasteiger partial charge in [-0.05, 0) is 57.4 Å². The lowest BCUT2D eigenvalue weighted by Crippen LogP contribution is -2.64. The van der Waals surface area contributed by atoms with Crippen LogP contribution in [0.2, 0.25) is 0 Å². The van der Waals surface area contributed by atoms with E-state index in [9.17, 15) is 39.8 Å². The molecule has 0 heterocycles. The number of carbonyl (C=O) groups is 1. The number of aliphatic hydroxyl groups is 5. The molecule has 13 heteroatoms. The summed E-state index contributed by atoms with van der Waals surface area (Å²) in [6, 6.07) is 0. The maximum Gasteiger partial charge on any atom is 0.472 e. The Labute approximate surface area is 376 Å². The summed E-state index contributed by atoms with van der Waals surface area (Å²) in [5.74, 6) is -0.502. The van der Waals surface area contributed by atoms with Gasteiger partial charge < -0.3 is 39.9 Å². The topological polar surface area (TPSA) is 192 Å². The fourth-order valence-corrected chi connectivity index (χ4v) is 8.56. The number of hydrogen-bond acceptors (Lipinski definition) is 11. The van der Waals surface area contributed by atoms with Gasteiger partial charge in [-0.1, -0.05) is 179 Å². The Kier molecular flexibility index (Phi) is 37.4. The molecule has 0 saturated heterocycles. The van der Waals surface area contributed by atoms with Crippen LogP contribution in [0.1, 0.15) is 213 Å². The predicted molar refractivity (Wildman–Crippen MR) is 248 cm³/mol. The largest absolute Gasteiger partial charge is 0.498 e. The van der Waals surface area contributed by atoms with Crippen molar-refractivity contribution in [2.24, 2.45) is 0 Å². The molecule has 12 nitrogen and oxygen atoms in total. The minimum Gasteiger partial charge on any atom is -0.498 e. The lowest BCUT2D eigenvalue weighted by atomic mass is 9.85. The van der Waals surface area contributed by atoms with E-state index >= 15 is 0 Å². The van der Waals surface area contributed by atoms with Crippen LogP contribution < -0.4 is 0 Å². The minimum absolute atomic E-state index is 0.161. The summed E-state index contributed by atoms with van der Waals surface area (Å²) in [7, 11) is -5.04. The van der Waals surface area contributed by atoms with E-state index in [-0.39, 0.29) is 13.0 Å². The molecule has 8 atom stereocenters. The highest BCUT2D eigenvalue weighted by Crippen LogP contribution is 2.47. The standard InChI is InChI=1S/C49H91O12P/c1-3-5-7-9-11-13-15-17-19-21-22-23-24-26-28-30-32-34-36-38-43(50)60-42(41-59-62(56,57)61-49-47(54)45(52)44(51)46(53)48(49)55)40-58-39-37-35-33-31-29-27-25-20-18-16-14-12-10-8-6-4-2/h11,13,17,19,37,39,42,44-49,51-55H,3-10,12,14-16,18,20-36,38,40-41H2,1-2H3,(H,56,57)/b13-11-,19-17-,39-37-/t42-,44?,45-,46?,47?,48?,49?/m1/s1. The van der Waals surface area contributed by atoms with Crippen molar-refractivity contribution in [1.82, 2.24) is 0 Å². The van der Waals surface area contributed by atoms with Gasteiger partial charge in [0.05, 0.1) is 12.9 Å². The average Bonchev–Trinajstić information content (AvgIpc) is 3.26. The Balaban J connectivity index is 2.38. The normalized spacial score (nSPS) is 22.2. The first-order valence-corrected chi connectivity index (χ1v) is 26.4. The van der Waals surface area contributed by atoms with Crippen LogP contribution in [0.5, 0.6) is 0 Å². The summed E-state index contributed by atoms with van der Waals surface area (Å²) in [5, 5.41) is 50.2. The van der Waals surface area contributed by atoms with Crippen LogP contribution in [0, 0.1) is 0 Å². The van der Waals surface area contributed by atoms with Crippen LogP contribution in [-0.2, 0) is 27.9 Å². The highest BCUT2D eigenvalue weighted by atomic mass is 31.2. The number of ether oxygens (including phenoxy) is 2. The molecule has 1 aliphatic carbocycles. The molecule has 1 rings (SSSR count). The summed E-state index contributed by atoms with van der Waals surface area (Å²) >= 11 is 0. The lowest BCUT2D eigenvalue weighted by molar-refractivity contribution is -0.220. The van der Waals surface area contributed by atoms with Gasteiger partial charge >= 0.3 is 13.8 Å². The number of rotatable bonds is 42. The van der Waals surface area contributed by atoms with Gasteiger partial charge in [0.1, 0.15) is 43.2 Å². The van der Waals surface area contributed by atoms with Crippen molar-refractivity contribution in [3.05, 3.63) is 36.6 Å². The number of allylic oxidation sites excluding steroid dienone is 5. The van der Waals surface area contributed by atoms with Crippen LogP contribution in [0.25, 0.3) is 0 Å². The van der Waals surface area contributed by atoms with Crippen molar-refractivity contribution in [3.8, 4) is 0 Å². The van der Waals surface area contributed by atoms with Crippen LogP contribution in [-0.4, -0.2) is 92.3 Å². The molecule has 1 aliphatic rings. The molecule has 62 heavy (non-hydrogen) atoms. The molecule has 0 amide bonds. The molecule has 0 bridgehead atoms. The number of carbonyl (C=O) groups excluding carboxylic acids is 1. The smallest absolute Gasteiger partial charge is 0.472 e. The summed E-state index contributed by atoms with van der Waals surface area (Å²) in [6.07, 6.45) is 35.7. The number of aliphatic hydroxyl groups excluding tert-OH is 5. The summed E-state index contributed by atoms with van der Waals surface area (Å²) < 4.78 is 34.0. The van der Waals surface area contributed by atoms with Gasteiger partial charge in [0, 0.05) is 6.42 Å².